The minimum Gasteiger partial charge on any atom is -0.368 e. The summed E-state index contributed by atoms with van der Waals surface area (Å²) in [6.07, 6.45) is 0. The third-order valence-electron chi connectivity index (χ3n) is 1.74. The van der Waals surface area contributed by atoms with Gasteiger partial charge in [-0.25, -0.2) is 4.98 Å². The molecule has 6 heteroatoms. The van der Waals surface area contributed by atoms with E-state index < -0.39 is 0 Å². The molecule has 0 aliphatic rings. The molecule has 0 aliphatic carbocycles. The zero-order chi connectivity index (χ0) is 9.59. The van der Waals surface area contributed by atoms with Gasteiger partial charge in [-0.3, -0.25) is 0 Å². The molecule has 2 rings (SSSR count). The first-order valence-corrected chi connectivity index (χ1v) is 4.73. The molecule has 2 heterocycles. The molecular weight excluding hydrogens is 255 g/mol. The van der Waals surface area contributed by atoms with Crippen molar-refractivity contribution in [2.75, 3.05) is 5.73 Å². The van der Waals surface area contributed by atoms with Crippen LogP contribution >= 0.6 is 27.5 Å². The number of aromatic amines is 1. The van der Waals surface area contributed by atoms with E-state index in [4.69, 9.17) is 17.3 Å². The van der Waals surface area contributed by atoms with Crippen LogP contribution in [-0.2, 0) is 0 Å². The highest BCUT2D eigenvalue weighted by molar-refractivity contribution is 9.10. The summed E-state index contributed by atoms with van der Waals surface area (Å²) in [5.41, 5.74) is 7.05. The van der Waals surface area contributed by atoms with E-state index >= 15 is 0 Å². The molecule has 0 unspecified atom stereocenters. The monoisotopic (exact) mass is 260 g/mol. The molecule has 0 aromatic carbocycles. The normalized spacial score (nSPS) is 11.0. The van der Waals surface area contributed by atoms with Gasteiger partial charge in [-0.2, -0.15) is 4.98 Å². The van der Waals surface area contributed by atoms with E-state index in [2.05, 4.69) is 30.9 Å². The van der Waals surface area contributed by atoms with Gasteiger partial charge in [-0.15, -0.1) is 0 Å². The zero-order valence-corrected chi connectivity index (χ0v) is 9.07. The Kier molecular flexibility index (Phi) is 1.92. The lowest BCUT2D eigenvalue weighted by Crippen LogP contribution is -1.94. The van der Waals surface area contributed by atoms with E-state index in [0.717, 1.165) is 15.6 Å². The quantitative estimate of drug-likeness (QED) is 0.715. The average molecular weight is 262 g/mol. The van der Waals surface area contributed by atoms with E-state index in [1.807, 2.05) is 6.92 Å². The molecule has 0 saturated carbocycles. The molecular formula is C7H6BrClN4. The molecule has 4 nitrogen and oxygen atoms in total. The molecule has 0 radical (unpaired) electrons. The number of aromatic nitrogens is 3. The summed E-state index contributed by atoms with van der Waals surface area (Å²) in [6.45, 7) is 1.91. The van der Waals surface area contributed by atoms with E-state index in [0.29, 0.717) is 10.8 Å². The Morgan fingerprint density at radius 2 is 2.15 bits per heavy atom. The van der Waals surface area contributed by atoms with Crippen molar-refractivity contribution in [1.82, 2.24) is 15.0 Å². The van der Waals surface area contributed by atoms with Gasteiger partial charge in [0.05, 0.1) is 9.86 Å². The van der Waals surface area contributed by atoms with Crippen molar-refractivity contribution in [3.05, 3.63) is 15.3 Å². The third-order valence-corrected chi connectivity index (χ3v) is 3.00. The summed E-state index contributed by atoms with van der Waals surface area (Å²) >= 11 is 9.29. The van der Waals surface area contributed by atoms with Crippen molar-refractivity contribution >= 4 is 44.5 Å². The van der Waals surface area contributed by atoms with Crippen LogP contribution in [0.1, 0.15) is 5.69 Å². The lowest BCUT2D eigenvalue weighted by Gasteiger charge is -1.95. The Labute approximate surface area is 87.6 Å². The number of fused-ring (bicyclic) bond motifs is 1. The summed E-state index contributed by atoms with van der Waals surface area (Å²) in [4.78, 5) is 10.9. The third kappa shape index (κ3) is 1.28. The summed E-state index contributed by atoms with van der Waals surface area (Å²) in [7, 11) is 0. The first-order chi connectivity index (χ1) is 6.09. The summed E-state index contributed by atoms with van der Waals surface area (Å²) in [5.74, 6) is 0.172. The minimum absolute atomic E-state index is 0.172. The van der Waals surface area contributed by atoms with E-state index in [1.54, 1.807) is 0 Å². The van der Waals surface area contributed by atoms with Crippen molar-refractivity contribution in [2.24, 2.45) is 0 Å². The maximum Gasteiger partial charge on any atom is 0.223 e. The van der Waals surface area contributed by atoms with Crippen LogP contribution in [0.3, 0.4) is 0 Å². The number of nitrogens with zero attached hydrogens (tertiary/aromatic N) is 2. The Morgan fingerprint density at radius 1 is 1.46 bits per heavy atom. The number of aryl methyl sites for hydroxylation is 1. The molecule has 13 heavy (non-hydrogen) atoms. The summed E-state index contributed by atoms with van der Waals surface area (Å²) < 4.78 is 0.882. The number of nitrogens with one attached hydrogen (secondary N) is 1. The molecule has 0 amide bonds. The van der Waals surface area contributed by atoms with Crippen molar-refractivity contribution in [2.45, 2.75) is 6.92 Å². The molecule has 68 valence electrons. The van der Waals surface area contributed by atoms with Gasteiger partial charge in [0, 0.05) is 5.69 Å². The lowest BCUT2D eigenvalue weighted by molar-refractivity contribution is 1.20. The Bertz CT molecular complexity index is 479. The predicted octanol–water partition coefficient (Wildman–Crippen LogP) is 2.26. The Hall–Kier alpha value is -0.810. The lowest BCUT2D eigenvalue weighted by atomic mass is 10.4. The standard InChI is InChI=1S/C7H6BrClN4/c1-2-4(8)3-5(9)12-7(10)13-6(3)11-2/h1H3,(H3,10,11,12,13). The molecule has 0 fully saturated rings. The SMILES string of the molecule is Cc1[nH]c2nc(N)nc(Cl)c2c1Br. The van der Waals surface area contributed by atoms with E-state index in [9.17, 15) is 0 Å². The number of H-pyrrole nitrogens is 1. The van der Waals surface area contributed by atoms with Crippen molar-refractivity contribution < 1.29 is 0 Å². The number of hydrogen-bond donors (Lipinski definition) is 2. The topological polar surface area (TPSA) is 67.6 Å². The van der Waals surface area contributed by atoms with Crippen LogP contribution in [0.25, 0.3) is 11.0 Å². The highest BCUT2D eigenvalue weighted by Gasteiger charge is 2.12. The number of nitrogens with two attached hydrogens (primary N) is 1. The van der Waals surface area contributed by atoms with Crippen LogP contribution in [0.4, 0.5) is 5.95 Å². The molecule has 2 aromatic heterocycles. The van der Waals surface area contributed by atoms with Crippen LogP contribution < -0.4 is 5.73 Å². The molecule has 0 saturated heterocycles. The molecule has 0 bridgehead atoms. The predicted molar refractivity (Wildman–Crippen MR) is 55.7 cm³/mol. The highest BCUT2D eigenvalue weighted by atomic mass is 79.9. The molecule has 0 aliphatic heterocycles. The van der Waals surface area contributed by atoms with Gasteiger partial charge in [-0.1, -0.05) is 11.6 Å². The molecule has 2 aromatic rings. The molecule has 0 spiro atoms. The fourth-order valence-corrected chi connectivity index (χ4v) is 2.01. The van der Waals surface area contributed by atoms with Crippen molar-refractivity contribution in [3.8, 4) is 0 Å². The maximum atomic E-state index is 5.90. The first kappa shape index (κ1) is 8.77. The Balaban J connectivity index is 2.94. The van der Waals surface area contributed by atoms with Crippen LogP contribution in [0.2, 0.25) is 5.15 Å². The van der Waals surface area contributed by atoms with E-state index in [1.165, 1.54) is 0 Å². The van der Waals surface area contributed by atoms with E-state index in [-0.39, 0.29) is 5.95 Å². The van der Waals surface area contributed by atoms with Crippen molar-refractivity contribution in [3.63, 3.8) is 0 Å². The van der Waals surface area contributed by atoms with Crippen LogP contribution in [0.5, 0.6) is 0 Å². The second kappa shape index (κ2) is 2.85. The number of anilines is 1. The van der Waals surface area contributed by atoms with Gasteiger partial charge >= 0.3 is 0 Å². The zero-order valence-electron chi connectivity index (χ0n) is 6.73. The van der Waals surface area contributed by atoms with Gasteiger partial charge in [-0.05, 0) is 22.9 Å². The molecule has 0 atom stereocenters. The Morgan fingerprint density at radius 3 is 2.85 bits per heavy atom. The van der Waals surface area contributed by atoms with Gasteiger partial charge < -0.3 is 10.7 Å². The van der Waals surface area contributed by atoms with Crippen LogP contribution in [0, 0.1) is 6.92 Å². The van der Waals surface area contributed by atoms with Crippen LogP contribution in [0.15, 0.2) is 4.47 Å². The first-order valence-electron chi connectivity index (χ1n) is 3.56. The van der Waals surface area contributed by atoms with Gasteiger partial charge in [0.1, 0.15) is 10.8 Å². The number of hydrogen-bond acceptors (Lipinski definition) is 3. The summed E-state index contributed by atoms with van der Waals surface area (Å²) in [6, 6.07) is 0. The number of nitrogen functional groups attached to an aromatic ring is 1. The number of halogens is 2. The largest absolute Gasteiger partial charge is 0.368 e. The smallest absolute Gasteiger partial charge is 0.223 e. The van der Waals surface area contributed by atoms with Crippen LogP contribution in [-0.4, -0.2) is 15.0 Å². The average Bonchev–Trinajstić information content (AvgIpc) is 2.27. The fourth-order valence-electron chi connectivity index (χ4n) is 1.15. The second-order valence-electron chi connectivity index (χ2n) is 2.66. The van der Waals surface area contributed by atoms with Gasteiger partial charge in [0.2, 0.25) is 5.95 Å². The highest BCUT2D eigenvalue weighted by Crippen LogP contribution is 2.31. The second-order valence-corrected chi connectivity index (χ2v) is 3.81. The van der Waals surface area contributed by atoms with Crippen molar-refractivity contribution in [1.29, 1.82) is 0 Å². The maximum absolute atomic E-state index is 5.90. The number of rotatable bonds is 0. The minimum atomic E-state index is 0.172. The fraction of sp³-hybridized carbons (Fsp3) is 0.143. The summed E-state index contributed by atoms with van der Waals surface area (Å²) in [5, 5.41) is 1.13. The van der Waals surface area contributed by atoms with Gasteiger partial charge in [0.15, 0.2) is 0 Å². The molecule has 3 N–H and O–H groups in total. The van der Waals surface area contributed by atoms with Gasteiger partial charge in [0.25, 0.3) is 0 Å².